The van der Waals surface area contributed by atoms with Crippen LogP contribution in [-0.2, 0) is 9.31 Å². The number of hydrogen-bond acceptors (Lipinski definition) is 4. The molecule has 0 radical (unpaired) electrons. The summed E-state index contributed by atoms with van der Waals surface area (Å²) in [5.74, 6) is 0.605. The Balaban J connectivity index is 1.80. The Hall–Kier alpha value is -1.40. The fourth-order valence-corrected chi connectivity index (χ4v) is 2.91. The summed E-state index contributed by atoms with van der Waals surface area (Å²) >= 11 is 0. The van der Waals surface area contributed by atoms with Gasteiger partial charge in [0.05, 0.1) is 28.7 Å². The highest BCUT2D eigenvalue weighted by molar-refractivity contribution is 6.61. The smallest absolute Gasteiger partial charge is 0.398 e. The standard InChI is InChI=1S/C16H22BN3O2/c1-10-9-20-14(18-10)12(11-6-7-11)8-13(19-20)17-21-15(2,3)16(4,5)22-17/h8-9,11H,6-7H2,1-5H3. The number of aryl methyl sites for hydroxylation is 1. The molecule has 6 heteroatoms. The van der Waals surface area contributed by atoms with Crippen molar-refractivity contribution in [1.29, 1.82) is 0 Å². The van der Waals surface area contributed by atoms with Gasteiger partial charge in [-0.1, -0.05) is 0 Å². The van der Waals surface area contributed by atoms with Gasteiger partial charge in [-0.3, -0.25) is 0 Å². The Labute approximate surface area is 131 Å². The second-order valence-electron chi connectivity index (χ2n) is 7.54. The highest BCUT2D eigenvalue weighted by Crippen LogP contribution is 2.42. The summed E-state index contributed by atoms with van der Waals surface area (Å²) in [6, 6.07) is 2.13. The highest BCUT2D eigenvalue weighted by atomic mass is 16.7. The number of fused-ring (bicyclic) bond motifs is 1. The zero-order valence-corrected chi connectivity index (χ0v) is 13.9. The molecule has 0 bridgehead atoms. The number of aromatic nitrogens is 3. The van der Waals surface area contributed by atoms with E-state index in [-0.39, 0.29) is 11.2 Å². The Morgan fingerprint density at radius 1 is 1.18 bits per heavy atom. The predicted octanol–water partition coefficient (Wildman–Crippen LogP) is 2.21. The molecule has 1 aliphatic heterocycles. The molecule has 3 heterocycles. The first kappa shape index (κ1) is 14.2. The van der Waals surface area contributed by atoms with Crippen LogP contribution in [0.5, 0.6) is 0 Å². The van der Waals surface area contributed by atoms with E-state index in [0.29, 0.717) is 5.92 Å². The first-order valence-corrected chi connectivity index (χ1v) is 7.99. The van der Waals surface area contributed by atoms with Gasteiger partial charge >= 0.3 is 7.12 Å². The van der Waals surface area contributed by atoms with Crippen LogP contribution >= 0.6 is 0 Å². The number of imidazole rings is 1. The van der Waals surface area contributed by atoms with Crippen LogP contribution in [0.25, 0.3) is 5.65 Å². The van der Waals surface area contributed by atoms with E-state index in [1.165, 1.54) is 18.4 Å². The molecule has 0 atom stereocenters. The Kier molecular flexibility index (Phi) is 2.80. The third-order valence-corrected chi connectivity index (χ3v) is 5.11. The van der Waals surface area contributed by atoms with E-state index in [0.717, 1.165) is 16.9 Å². The van der Waals surface area contributed by atoms with Crippen LogP contribution in [-0.4, -0.2) is 32.9 Å². The third kappa shape index (κ3) is 2.08. The van der Waals surface area contributed by atoms with E-state index in [9.17, 15) is 0 Å². The molecule has 0 spiro atoms. The monoisotopic (exact) mass is 299 g/mol. The lowest BCUT2D eigenvalue weighted by atomic mass is 9.83. The minimum absolute atomic E-state index is 0.348. The van der Waals surface area contributed by atoms with Gasteiger partial charge in [-0.2, -0.15) is 5.10 Å². The van der Waals surface area contributed by atoms with E-state index in [4.69, 9.17) is 9.31 Å². The molecule has 4 rings (SSSR count). The molecule has 0 N–H and O–H groups in total. The first-order valence-electron chi connectivity index (χ1n) is 7.99. The molecule has 116 valence electrons. The number of rotatable bonds is 2. The molecule has 2 aromatic rings. The van der Waals surface area contributed by atoms with E-state index in [2.05, 4.69) is 43.8 Å². The van der Waals surface area contributed by atoms with Gasteiger partial charge in [0.2, 0.25) is 0 Å². The molecule has 5 nitrogen and oxygen atoms in total. The van der Waals surface area contributed by atoms with Crippen molar-refractivity contribution in [2.45, 2.75) is 64.6 Å². The first-order chi connectivity index (χ1) is 10.3. The molecule has 1 aliphatic carbocycles. The van der Waals surface area contributed by atoms with Crippen LogP contribution in [0.3, 0.4) is 0 Å². The summed E-state index contributed by atoms with van der Waals surface area (Å²) in [5, 5.41) is 4.68. The molecular weight excluding hydrogens is 277 g/mol. The Morgan fingerprint density at radius 2 is 1.82 bits per heavy atom. The van der Waals surface area contributed by atoms with E-state index in [1.54, 1.807) is 0 Å². The summed E-state index contributed by atoms with van der Waals surface area (Å²) in [5.41, 5.74) is 3.37. The Morgan fingerprint density at radius 3 is 2.41 bits per heavy atom. The summed E-state index contributed by atoms with van der Waals surface area (Å²) in [6.45, 7) is 10.3. The quantitative estimate of drug-likeness (QED) is 0.798. The van der Waals surface area contributed by atoms with E-state index >= 15 is 0 Å². The average Bonchev–Trinajstić information content (AvgIpc) is 3.12. The fourth-order valence-electron chi connectivity index (χ4n) is 2.91. The Bertz CT molecular complexity index is 733. The SMILES string of the molecule is Cc1cn2nc(B3OC(C)(C)C(C)(C)O3)cc(C3CC3)c2n1. The van der Waals surface area contributed by atoms with Crippen LogP contribution in [0.15, 0.2) is 12.3 Å². The van der Waals surface area contributed by atoms with Gasteiger partial charge in [0.1, 0.15) is 0 Å². The molecule has 0 amide bonds. The molecule has 2 fully saturated rings. The van der Waals surface area contributed by atoms with Crippen molar-refractivity contribution in [3.63, 3.8) is 0 Å². The van der Waals surface area contributed by atoms with Crippen LogP contribution in [0.4, 0.5) is 0 Å². The van der Waals surface area contributed by atoms with Gasteiger partial charge < -0.3 is 9.31 Å². The number of nitrogens with zero attached hydrogens (tertiary/aromatic N) is 3. The van der Waals surface area contributed by atoms with Crippen LogP contribution in [0.2, 0.25) is 0 Å². The van der Waals surface area contributed by atoms with Gasteiger partial charge in [-0.15, -0.1) is 0 Å². The summed E-state index contributed by atoms with van der Waals surface area (Å²) in [6.07, 6.45) is 4.43. The van der Waals surface area contributed by atoms with Crippen molar-refractivity contribution < 1.29 is 9.31 Å². The zero-order chi connectivity index (χ0) is 15.7. The summed E-state index contributed by atoms with van der Waals surface area (Å²) in [4.78, 5) is 4.62. The van der Waals surface area contributed by atoms with Crippen LogP contribution in [0, 0.1) is 6.92 Å². The molecule has 2 aromatic heterocycles. The largest absolute Gasteiger partial charge is 0.516 e. The van der Waals surface area contributed by atoms with Crippen molar-refractivity contribution >= 4 is 18.4 Å². The third-order valence-electron chi connectivity index (χ3n) is 5.11. The summed E-state index contributed by atoms with van der Waals surface area (Å²) in [7, 11) is -0.422. The van der Waals surface area contributed by atoms with E-state index < -0.39 is 7.12 Å². The average molecular weight is 299 g/mol. The van der Waals surface area contributed by atoms with Crippen LogP contribution < -0.4 is 5.59 Å². The maximum atomic E-state index is 6.14. The predicted molar refractivity (Wildman–Crippen MR) is 85.4 cm³/mol. The van der Waals surface area contributed by atoms with E-state index in [1.807, 2.05) is 17.6 Å². The molecule has 0 unspecified atom stereocenters. The maximum Gasteiger partial charge on any atom is 0.516 e. The van der Waals surface area contributed by atoms with Gasteiger partial charge in [0.15, 0.2) is 5.65 Å². The minimum Gasteiger partial charge on any atom is -0.398 e. The lowest BCUT2D eigenvalue weighted by Gasteiger charge is -2.32. The van der Waals surface area contributed by atoms with Crippen LogP contribution in [0.1, 0.15) is 57.7 Å². The minimum atomic E-state index is -0.422. The molecule has 2 aliphatic rings. The van der Waals surface area contributed by atoms with Crippen molar-refractivity contribution in [2.24, 2.45) is 0 Å². The molecule has 1 saturated carbocycles. The maximum absolute atomic E-state index is 6.14. The molecule has 22 heavy (non-hydrogen) atoms. The molecule has 1 saturated heterocycles. The topological polar surface area (TPSA) is 48.7 Å². The lowest BCUT2D eigenvalue weighted by Crippen LogP contribution is -2.41. The highest BCUT2D eigenvalue weighted by Gasteiger charge is 2.52. The fraction of sp³-hybridized carbons (Fsp3) is 0.625. The van der Waals surface area contributed by atoms with Gasteiger partial charge in [-0.05, 0) is 59.4 Å². The second kappa shape index (κ2) is 4.33. The lowest BCUT2D eigenvalue weighted by molar-refractivity contribution is 0.00578. The van der Waals surface area contributed by atoms with Crippen molar-refractivity contribution in [3.05, 3.63) is 23.5 Å². The number of hydrogen-bond donors (Lipinski definition) is 0. The zero-order valence-electron chi connectivity index (χ0n) is 13.9. The normalized spacial score (nSPS) is 23.4. The van der Waals surface area contributed by atoms with Gasteiger partial charge in [0, 0.05) is 5.56 Å². The van der Waals surface area contributed by atoms with Gasteiger partial charge in [0.25, 0.3) is 0 Å². The second-order valence-corrected chi connectivity index (χ2v) is 7.54. The summed E-state index contributed by atoms with van der Waals surface area (Å²) < 4.78 is 14.2. The van der Waals surface area contributed by atoms with Crippen molar-refractivity contribution in [3.8, 4) is 0 Å². The molecule has 0 aromatic carbocycles. The van der Waals surface area contributed by atoms with Crippen molar-refractivity contribution in [2.75, 3.05) is 0 Å². The van der Waals surface area contributed by atoms with Gasteiger partial charge in [-0.25, -0.2) is 9.50 Å². The van der Waals surface area contributed by atoms with Crippen molar-refractivity contribution in [1.82, 2.24) is 14.6 Å². The molecular formula is C16H22BN3O2.